The lowest BCUT2D eigenvalue weighted by Crippen LogP contribution is -2.29. The van der Waals surface area contributed by atoms with Crippen molar-refractivity contribution in [3.63, 3.8) is 0 Å². The summed E-state index contributed by atoms with van der Waals surface area (Å²) < 4.78 is 1.55. The standard InChI is InChI=1S/C16H21N3O/c1-3-4-10-19-16(20)14(12(2)17)11-15(18-19)13-8-6-5-7-9-13/h5-9,11-12H,3-4,10,17H2,1-2H3. The first kappa shape index (κ1) is 14.5. The van der Waals surface area contributed by atoms with Gasteiger partial charge in [-0.1, -0.05) is 43.7 Å². The van der Waals surface area contributed by atoms with E-state index >= 15 is 0 Å². The van der Waals surface area contributed by atoms with E-state index in [9.17, 15) is 4.79 Å². The SMILES string of the molecule is CCCCn1nc(-c2ccccc2)cc(C(C)N)c1=O. The Balaban J connectivity index is 2.53. The Morgan fingerprint density at radius 3 is 2.60 bits per heavy atom. The molecule has 2 aromatic rings. The number of aryl methyl sites for hydroxylation is 1. The van der Waals surface area contributed by atoms with Crippen molar-refractivity contribution >= 4 is 0 Å². The maximum Gasteiger partial charge on any atom is 0.271 e. The quantitative estimate of drug-likeness (QED) is 0.909. The molecule has 2 rings (SSSR count). The van der Waals surface area contributed by atoms with Gasteiger partial charge < -0.3 is 5.73 Å². The fourth-order valence-electron chi connectivity index (χ4n) is 2.10. The van der Waals surface area contributed by atoms with Crippen LogP contribution in [0.2, 0.25) is 0 Å². The van der Waals surface area contributed by atoms with E-state index in [1.807, 2.05) is 43.3 Å². The topological polar surface area (TPSA) is 60.9 Å². The Kier molecular flexibility index (Phi) is 4.69. The molecule has 0 spiro atoms. The molecule has 1 heterocycles. The van der Waals surface area contributed by atoms with E-state index in [-0.39, 0.29) is 11.6 Å². The van der Waals surface area contributed by atoms with Crippen LogP contribution in [0.1, 0.15) is 38.3 Å². The van der Waals surface area contributed by atoms with E-state index in [0.717, 1.165) is 24.1 Å². The van der Waals surface area contributed by atoms with Crippen LogP contribution in [-0.2, 0) is 6.54 Å². The van der Waals surface area contributed by atoms with E-state index in [4.69, 9.17) is 5.73 Å². The van der Waals surface area contributed by atoms with Gasteiger partial charge in [-0.2, -0.15) is 5.10 Å². The Hall–Kier alpha value is -1.94. The molecule has 1 aromatic heterocycles. The molecule has 0 saturated heterocycles. The third kappa shape index (κ3) is 3.14. The molecule has 1 unspecified atom stereocenters. The van der Waals surface area contributed by atoms with E-state index in [1.165, 1.54) is 0 Å². The van der Waals surface area contributed by atoms with Crippen LogP contribution in [0.5, 0.6) is 0 Å². The number of rotatable bonds is 5. The molecule has 1 atom stereocenters. The smallest absolute Gasteiger partial charge is 0.271 e. The largest absolute Gasteiger partial charge is 0.324 e. The lowest BCUT2D eigenvalue weighted by molar-refractivity contribution is 0.536. The van der Waals surface area contributed by atoms with E-state index in [2.05, 4.69) is 12.0 Å². The average molecular weight is 271 g/mol. The fourth-order valence-corrected chi connectivity index (χ4v) is 2.10. The maximum absolute atomic E-state index is 12.3. The molecule has 0 amide bonds. The molecular weight excluding hydrogens is 250 g/mol. The molecule has 4 nitrogen and oxygen atoms in total. The van der Waals surface area contributed by atoms with Gasteiger partial charge in [-0.05, 0) is 19.4 Å². The summed E-state index contributed by atoms with van der Waals surface area (Å²) in [5, 5.41) is 4.47. The van der Waals surface area contributed by atoms with Crippen molar-refractivity contribution < 1.29 is 0 Å². The van der Waals surface area contributed by atoms with Gasteiger partial charge in [0.05, 0.1) is 5.69 Å². The molecule has 0 radical (unpaired) electrons. The summed E-state index contributed by atoms with van der Waals surface area (Å²) in [4.78, 5) is 12.3. The van der Waals surface area contributed by atoms with Gasteiger partial charge in [0.2, 0.25) is 0 Å². The van der Waals surface area contributed by atoms with Crippen LogP contribution in [0.25, 0.3) is 11.3 Å². The second kappa shape index (κ2) is 6.48. The summed E-state index contributed by atoms with van der Waals surface area (Å²) in [5.74, 6) is 0. The molecule has 0 aliphatic carbocycles. The van der Waals surface area contributed by atoms with Crippen LogP contribution in [0, 0.1) is 0 Å². The molecule has 0 saturated carbocycles. The predicted molar refractivity (Wildman–Crippen MR) is 81.4 cm³/mol. The molecule has 0 bridgehead atoms. The molecule has 0 aliphatic heterocycles. The monoisotopic (exact) mass is 271 g/mol. The zero-order valence-electron chi connectivity index (χ0n) is 12.0. The van der Waals surface area contributed by atoms with Crippen molar-refractivity contribution in [3.8, 4) is 11.3 Å². The minimum atomic E-state index is -0.291. The van der Waals surface area contributed by atoms with Gasteiger partial charge in [-0.3, -0.25) is 4.79 Å². The first-order chi connectivity index (χ1) is 9.63. The first-order valence-electron chi connectivity index (χ1n) is 7.06. The number of nitrogens with zero attached hydrogens (tertiary/aromatic N) is 2. The highest BCUT2D eigenvalue weighted by Crippen LogP contribution is 2.17. The van der Waals surface area contributed by atoms with E-state index in [0.29, 0.717) is 12.1 Å². The normalized spacial score (nSPS) is 12.3. The van der Waals surface area contributed by atoms with Gasteiger partial charge >= 0.3 is 0 Å². The lowest BCUT2D eigenvalue weighted by atomic mass is 10.1. The van der Waals surface area contributed by atoms with Crippen LogP contribution in [0.3, 0.4) is 0 Å². The lowest BCUT2D eigenvalue weighted by Gasteiger charge is -2.12. The number of unbranched alkanes of at least 4 members (excludes halogenated alkanes) is 1. The van der Waals surface area contributed by atoms with Gasteiger partial charge in [-0.25, -0.2) is 4.68 Å². The first-order valence-corrected chi connectivity index (χ1v) is 7.06. The Bertz CT molecular complexity index is 617. The number of hydrogen-bond acceptors (Lipinski definition) is 3. The number of nitrogens with two attached hydrogens (primary N) is 1. The number of aromatic nitrogens is 2. The summed E-state index contributed by atoms with van der Waals surface area (Å²) in [6.07, 6.45) is 1.96. The highest BCUT2D eigenvalue weighted by molar-refractivity contribution is 5.58. The van der Waals surface area contributed by atoms with Crippen molar-refractivity contribution in [2.45, 2.75) is 39.3 Å². The second-order valence-corrected chi connectivity index (χ2v) is 5.02. The van der Waals surface area contributed by atoms with Gasteiger partial charge in [0, 0.05) is 23.7 Å². The zero-order valence-corrected chi connectivity index (χ0v) is 12.0. The third-order valence-corrected chi connectivity index (χ3v) is 3.29. The molecule has 1 aromatic carbocycles. The summed E-state index contributed by atoms with van der Waals surface area (Å²) >= 11 is 0. The van der Waals surface area contributed by atoms with Crippen LogP contribution in [-0.4, -0.2) is 9.78 Å². The average Bonchev–Trinajstić information content (AvgIpc) is 2.46. The Morgan fingerprint density at radius 1 is 1.30 bits per heavy atom. The number of hydrogen-bond donors (Lipinski definition) is 1. The summed E-state index contributed by atoms with van der Waals surface area (Å²) in [5.41, 5.74) is 8.26. The van der Waals surface area contributed by atoms with Crippen molar-refractivity contribution in [1.29, 1.82) is 0 Å². The van der Waals surface area contributed by atoms with E-state index in [1.54, 1.807) is 4.68 Å². The highest BCUT2D eigenvalue weighted by Gasteiger charge is 2.12. The van der Waals surface area contributed by atoms with Gasteiger partial charge in [0.1, 0.15) is 0 Å². The number of benzene rings is 1. The van der Waals surface area contributed by atoms with Crippen molar-refractivity contribution in [2.24, 2.45) is 5.73 Å². The highest BCUT2D eigenvalue weighted by atomic mass is 16.1. The maximum atomic E-state index is 12.3. The summed E-state index contributed by atoms with van der Waals surface area (Å²) in [7, 11) is 0. The molecule has 4 heteroatoms. The van der Waals surface area contributed by atoms with Gasteiger partial charge in [0.25, 0.3) is 5.56 Å². The van der Waals surface area contributed by atoms with Crippen molar-refractivity contribution in [3.05, 3.63) is 52.3 Å². The third-order valence-electron chi connectivity index (χ3n) is 3.29. The summed E-state index contributed by atoms with van der Waals surface area (Å²) in [6.45, 7) is 4.56. The minimum Gasteiger partial charge on any atom is -0.324 e. The molecule has 2 N–H and O–H groups in total. The fraction of sp³-hybridized carbons (Fsp3) is 0.375. The van der Waals surface area contributed by atoms with Crippen LogP contribution in [0.15, 0.2) is 41.2 Å². The zero-order chi connectivity index (χ0) is 14.5. The van der Waals surface area contributed by atoms with Crippen molar-refractivity contribution in [2.75, 3.05) is 0 Å². The summed E-state index contributed by atoms with van der Waals surface area (Å²) in [6, 6.07) is 11.4. The van der Waals surface area contributed by atoms with Gasteiger partial charge in [0.15, 0.2) is 0 Å². The molecule has 20 heavy (non-hydrogen) atoms. The van der Waals surface area contributed by atoms with Crippen LogP contribution < -0.4 is 11.3 Å². The molecule has 0 fully saturated rings. The van der Waals surface area contributed by atoms with Crippen LogP contribution >= 0.6 is 0 Å². The molecule has 0 aliphatic rings. The molecule has 106 valence electrons. The van der Waals surface area contributed by atoms with Crippen molar-refractivity contribution in [1.82, 2.24) is 9.78 Å². The molecular formula is C16H21N3O. The van der Waals surface area contributed by atoms with E-state index < -0.39 is 0 Å². The van der Waals surface area contributed by atoms with Crippen LogP contribution in [0.4, 0.5) is 0 Å². The minimum absolute atomic E-state index is 0.0758. The Morgan fingerprint density at radius 2 is 2.00 bits per heavy atom. The predicted octanol–water partition coefficient (Wildman–Crippen LogP) is 2.73. The van der Waals surface area contributed by atoms with Gasteiger partial charge in [-0.15, -0.1) is 0 Å². The Labute approximate surface area is 119 Å². The second-order valence-electron chi connectivity index (χ2n) is 5.02.